The summed E-state index contributed by atoms with van der Waals surface area (Å²) >= 11 is 16.3. The lowest BCUT2D eigenvalue weighted by atomic mass is 9.82. The number of Topliss-reactive ketones (excluding diaryl/α,β-unsaturated/α-hetero) is 1. The quantitative estimate of drug-likeness (QED) is 0.778. The van der Waals surface area contributed by atoms with E-state index in [-0.39, 0.29) is 24.3 Å². The van der Waals surface area contributed by atoms with Crippen molar-refractivity contribution in [3.63, 3.8) is 0 Å². The third kappa shape index (κ3) is 2.87. The van der Waals surface area contributed by atoms with Gasteiger partial charge in [0.25, 0.3) is 9.70 Å². The van der Waals surface area contributed by atoms with Crippen molar-refractivity contribution < 1.29 is 9.59 Å². The average molecular weight is 300 g/mol. The number of nitrogens with zero attached hydrogens (tertiary/aromatic N) is 1. The maximum absolute atomic E-state index is 12.0. The van der Waals surface area contributed by atoms with E-state index in [0.717, 1.165) is 25.9 Å². The van der Waals surface area contributed by atoms with Crippen LogP contribution in [0.3, 0.4) is 0 Å². The summed E-state index contributed by atoms with van der Waals surface area (Å²) in [5, 5.41) is 2.51. The first-order chi connectivity index (χ1) is 7.89. The number of ketones is 1. The largest absolute Gasteiger partial charge is 0.350 e. The minimum Gasteiger partial charge on any atom is -0.350 e. The average Bonchev–Trinajstić information content (AvgIpc) is 2.27. The van der Waals surface area contributed by atoms with E-state index in [2.05, 4.69) is 10.2 Å². The number of hydrogen-bond acceptors (Lipinski definition) is 3. The fourth-order valence-electron chi connectivity index (χ4n) is 2.47. The third-order valence-corrected chi connectivity index (χ3v) is 3.93. The molecule has 1 amide bonds. The molecule has 3 fully saturated rings. The fraction of sp³-hybridized carbons (Fsp3) is 0.800. The van der Waals surface area contributed by atoms with Crippen LogP contribution in [0.15, 0.2) is 0 Å². The first-order valence-electron chi connectivity index (χ1n) is 5.52. The minimum absolute atomic E-state index is 0.148. The molecular weight excluding hydrogens is 286 g/mol. The van der Waals surface area contributed by atoms with Crippen LogP contribution in [0.1, 0.15) is 12.8 Å². The second-order valence-corrected chi connectivity index (χ2v) is 6.72. The van der Waals surface area contributed by atoms with Gasteiger partial charge in [-0.15, -0.1) is 0 Å². The first kappa shape index (κ1) is 13.4. The molecule has 0 aromatic rings. The van der Waals surface area contributed by atoms with Crippen LogP contribution in [0.4, 0.5) is 0 Å². The summed E-state index contributed by atoms with van der Waals surface area (Å²) < 4.78 is -1.97. The Balaban J connectivity index is 1.91. The zero-order valence-electron chi connectivity index (χ0n) is 9.09. The zero-order valence-corrected chi connectivity index (χ0v) is 11.4. The molecule has 3 saturated heterocycles. The molecule has 7 heteroatoms. The number of fused-ring (bicyclic) bond motifs is 3. The van der Waals surface area contributed by atoms with Crippen molar-refractivity contribution in [3.8, 4) is 0 Å². The van der Waals surface area contributed by atoms with Crippen molar-refractivity contribution in [2.24, 2.45) is 5.92 Å². The molecule has 3 aliphatic heterocycles. The van der Waals surface area contributed by atoms with Gasteiger partial charge in [-0.3, -0.25) is 14.5 Å². The number of carbonyl (C=O) groups is 2. The van der Waals surface area contributed by atoms with Gasteiger partial charge in [0.05, 0.1) is 6.04 Å². The van der Waals surface area contributed by atoms with Gasteiger partial charge in [0.1, 0.15) is 0 Å². The number of nitrogens with one attached hydrogen (secondary N) is 1. The van der Waals surface area contributed by atoms with Crippen molar-refractivity contribution in [3.05, 3.63) is 0 Å². The van der Waals surface area contributed by atoms with Gasteiger partial charge in [-0.25, -0.2) is 0 Å². The molecule has 4 nitrogen and oxygen atoms in total. The molecule has 0 aromatic carbocycles. The Bertz CT molecular complexity index is 335. The zero-order chi connectivity index (χ0) is 12.6. The fourth-order valence-corrected chi connectivity index (χ4v) is 2.67. The molecule has 0 aliphatic carbocycles. The molecule has 0 aromatic heterocycles. The van der Waals surface area contributed by atoms with E-state index in [1.807, 2.05) is 0 Å². The summed E-state index contributed by atoms with van der Waals surface area (Å²) in [7, 11) is 0. The number of rotatable bonds is 2. The van der Waals surface area contributed by atoms with Crippen molar-refractivity contribution in [2.45, 2.75) is 22.7 Å². The summed E-state index contributed by atoms with van der Waals surface area (Å²) in [5.74, 6) is -0.334. The number of hydrogen-bond donors (Lipinski definition) is 1. The van der Waals surface area contributed by atoms with Gasteiger partial charge >= 0.3 is 0 Å². The van der Waals surface area contributed by atoms with Crippen molar-refractivity contribution in [1.82, 2.24) is 10.2 Å². The molecule has 17 heavy (non-hydrogen) atoms. The summed E-state index contributed by atoms with van der Waals surface area (Å²) in [6, 6.07) is -0.251. The van der Waals surface area contributed by atoms with Crippen LogP contribution in [0.2, 0.25) is 0 Å². The molecule has 1 unspecified atom stereocenters. The van der Waals surface area contributed by atoms with Crippen molar-refractivity contribution in [1.29, 1.82) is 0 Å². The Morgan fingerprint density at radius 2 is 1.94 bits per heavy atom. The molecule has 2 bridgehead atoms. The molecule has 0 radical (unpaired) electrons. The van der Waals surface area contributed by atoms with Gasteiger partial charge in [-0.05, 0) is 25.9 Å². The molecule has 1 N–H and O–H groups in total. The number of halogens is 3. The minimum atomic E-state index is -1.97. The lowest BCUT2D eigenvalue weighted by Gasteiger charge is -2.44. The van der Waals surface area contributed by atoms with Crippen LogP contribution < -0.4 is 5.32 Å². The van der Waals surface area contributed by atoms with Crippen LogP contribution in [0.5, 0.6) is 0 Å². The first-order valence-corrected chi connectivity index (χ1v) is 6.66. The third-order valence-electron chi connectivity index (χ3n) is 3.41. The summed E-state index contributed by atoms with van der Waals surface area (Å²) in [5.41, 5.74) is 0. The molecule has 3 aliphatic rings. The molecule has 3 rings (SSSR count). The van der Waals surface area contributed by atoms with Crippen LogP contribution in [0, 0.1) is 5.92 Å². The Morgan fingerprint density at radius 1 is 1.35 bits per heavy atom. The van der Waals surface area contributed by atoms with Gasteiger partial charge in [0.2, 0.25) is 0 Å². The highest BCUT2D eigenvalue weighted by atomic mass is 35.6. The lowest BCUT2D eigenvalue weighted by Crippen LogP contribution is -2.59. The predicted octanol–water partition coefficient (Wildman–Crippen LogP) is 1.14. The monoisotopic (exact) mass is 298 g/mol. The van der Waals surface area contributed by atoms with E-state index in [4.69, 9.17) is 34.8 Å². The Morgan fingerprint density at radius 3 is 2.41 bits per heavy atom. The van der Waals surface area contributed by atoms with Gasteiger partial charge in [0.15, 0.2) is 5.78 Å². The topological polar surface area (TPSA) is 49.4 Å². The standard InChI is InChI=1S/C10H13Cl3N2O2/c11-10(12,13)9(17)14-5-7-8(16)6-1-3-15(7)4-2-6/h6-7H,1-5H2,(H,14,17). The Labute approximate surface area is 115 Å². The number of piperidine rings is 3. The molecule has 3 heterocycles. The van der Waals surface area contributed by atoms with Crippen molar-refractivity contribution in [2.75, 3.05) is 19.6 Å². The molecule has 0 spiro atoms. The smallest absolute Gasteiger partial charge is 0.272 e. The van der Waals surface area contributed by atoms with Gasteiger partial charge in [-0.2, -0.15) is 0 Å². The van der Waals surface area contributed by atoms with Crippen LogP contribution in [0.25, 0.3) is 0 Å². The second-order valence-electron chi connectivity index (χ2n) is 4.44. The number of carbonyl (C=O) groups excluding carboxylic acids is 2. The maximum atomic E-state index is 12.0. The Hall–Kier alpha value is -0.0300. The molecule has 1 atom stereocenters. The van der Waals surface area contributed by atoms with Crippen LogP contribution in [-0.2, 0) is 9.59 Å². The van der Waals surface area contributed by atoms with E-state index in [9.17, 15) is 9.59 Å². The highest BCUT2D eigenvalue weighted by Crippen LogP contribution is 2.29. The van der Waals surface area contributed by atoms with E-state index < -0.39 is 9.70 Å². The van der Waals surface area contributed by atoms with Gasteiger partial charge in [0, 0.05) is 12.5 Å². The number of alkyl halides is 3. The van der Waals surface area contributed by atoms with Crippen LogP contribution >= 0.6 is 34.8 Å². The molecular formula is C10H13Cl3N2O2. The van der Waals surface area contributed by atoms with E-state index >= 15 is 0 Å². The van der Waals surface area contributed by atoms with Crippen molar-refractivity contribution >= 4 is 46.5 Å². The van der Waals surface area contributed by atoms with Gasteiger partial charge in [-0.1, -0.05) is 34.8 Å². The predicted molar refractivity (Wildman–Crippen MR) is 66.4 cm³/mol. The van der Waals surface area contributed by atoms with E-state index in [0.29, 0.717) is 0 Å². The summed E-state index contributed by atoms with van der Waals surface area (Å²) in [6.45, 7) is 2.04. The summed E-state index contributed by atoms with van der Waals surface area (Å²) in [4.78, 5) is 25.4. The lowest BCUT2D eigenvalue weighted by molar-refractivity contribution is -0.137. The summed E-state index contributed by atoms with van der Waals surface area (Å²) in [6.07, 6.45) is 1.85. The highest BCUT2D eigenvalue weighted by molar-refractivity contribution is 6.76. The molecule has 0 saturated carbocycles. The highest BCUT2D eigenvalue weighted by Gasteiger charge is 2.41. The van der Waals surface area contributed by atoms with Crippen LogP contribution in [-0.4, -0.2) is 46.1 Å². The maximum Gasteiger partial charge on any atom is 0.272 e. The van der Waals surface area contributed by atoms with E-state index in [1.165, 1.54) is 0 Å². The SMILES string of the molecule is O=C1C2CCN(CC2)C1CNC(=O)C(Cl)(Cl)Cl. The normalized spacial score (nSPS) is 32.6. The molecule has 96 valence electrons. The number of amides is 1. The van der Waals surface area contributed by atoms with E-state index in [1.54, 1.807) is 0 Å². The Kier molecular flexibility index (Phi) is 3.88. The second kappa shape index (κ2) is 4.92. The van der Waals surface area contributed by atoms with Gasteiger partial charge < -0.3 is 5.32 Å².